The van der Waals surface area contributed by atoms with Gasteiger partial charge in [-0.25, -0.2) is 4.68 Å². The summed E-state index contributed by atoms with van der Waals surface area (Å²) in [4.78, 5) is 16.6. The van der Waals surface area contributed by atoms with Gasteiger partial charge in [0.15, 0.2) is 0 Å². The van der Waals surface area contributed by atoms with E-state index in [1.165, 1.54) is 4.68 Å². The SMILES string of the molecule is COc1cnc2ccc(CCn3nc(-c4ccccc4)ccc3=O)cc2c1. The summed E-state index contributed by atoms with van der Waals surface area (Å²) in [6.45, 7) is 0.516. The summed E-state index contributed by atoms with van der Waals surface area (Å²) < 4.78 is 6.77. The lowest BCUT2D eigenvalue weighted by Crippen LogP contribution is -2.23. The van der Waals surface area contributed by atoms with Crippen LogP contribution >= 0.6 is 0 Å². The van der Waals surface area contributed by atoms with Crippen LogP contribution in [0.25, 0.3) is 22.2 Å². The van der Waals surface area contributed by atoms with E-state index in [2.05, 4.69) is 16.1 Å². The summed E-state index contributed by atoms with van der Waals surface area (Å²) in [5, 5.41) is 5.54. The van der Waals surface area contributed by atoms with Crippen molar-refractivity contribution in [2.75, 3.05) is 7.11 Å². The Morgan fingerprint density at radius 1 is 1.00 bits per heavy atom. The van der Waals surface area contributed by atoms with Gasteiger partial charge in [-0.2, -0.15) is 5.10 Å². The number of hydrogen-bond acceptors (Lipinski definition) is 4. The monoisotopic (exact) mass is 357 g/mol. The Bertz CT molecular complexity index is 1140. The van der Waals surface area contributed by atoms with Crippen LogP contribution in [0.3, 0.4) is 0 Å². The van der Waals surface area contributed by atoms with Gasteiger partial charge in [0, 0.05) is 23.6 Å². The van der Waals surface area contributed by atoms with Crippen LogP contribution in [0.15, 0.2) is 77.7 Å². The highest BCUT2D eigenvalue weighted by Gasteiger charge is 2.05. The molecule has 0 aliphatic heterocycles. The van der Waals surface area contributed by atoms with Crippen molar-refractivity contribution in [3.63, 3.8) is 0 Å². The molecular weight excluding hydrogens is 338 g/mol. The minimum absolute atomic E-state index is 0.0983. The largest absolute Gasteiger partial charge is 0.495 e. The van der Waals surface area contributed by atoms with Crippen LogP contribution in [0.2, 0.25) is 0 Å². The van der Waals surface area contributed by atoms with Gasteiger partial charge in [0.25, 0.3) is 5.56 Å². The number of benzene rings is 2. The smallest absolute Gasteiger partial charge is 0.266 e. The van der Waals surface area contributed by atoms with Gasteiger partial charge in [-0.05, 0) is 36.2 Å². The number of rotatable bonds is 5. The molecule has 4 aromatic rings. The van der Waals surface area contributed by atoms with E-state index in [1.54, 1.807) is 25.4 Å². The summed E-state index contributed by atoms with van der Waals surface area (Å²) in [7, 11) is 1.63. The molecule has 0 amide bonds. The molecule has 0 aliphatic carbocycles. The van der Waals surface area contributed by atoms with Gasteiger partial charge < -0.3 is 4.74 Å². The van der Waals surface area contributed by atoms with E-state index in [-0.39, 0.29) is 5.56 Å². The third kappa shape index (κ3) is 3.72. The molecule has 5 nitrogen and oxygen atoms in total. The Kier molecular flexibility index (Phi) is 4.66. The molecule has 4 rings (SSSR count). The molecule has 0 radical (unpaired) electrons. The van der Waals surface area contributed by atoms with E-state index >= 15 is 0 Å². The van der Waals surface area contributed by atoms with Crippen LogP contribution in [0.4, 0.5) is 0 Å². The molecule has 0 bridgehead atoms. The third-order valence-electron chi connectivity index (χ3n) is 4.50. The first-order chi connectivity index (χ1) is 13.2. The normalized spacial score (nSPS) is 10.9. The number of aromatic nitrogens is 3. The predicted molar refractivity (Wildman–Crippen MR) is 106 cm³/mol. The van der Waals surface area contributed by atoms with E-state index in [0.29, 0.717) is 13.0 Å². The fourth-order valence-corrected chi connectivity index (χ4v) is 3.03. The molecule has 0 spiro atoms. The fourth-order valence-electron chi connectivity index (χ4n) is 3.03. The molecule has 0 saturated carbocycles. The minimum Gasteiger partial charge on any atom is -0.495 e. The van der Waals surface area contributed by atoms with Gasteiger partial charge in [0.2, 0.25) is 0 Å². The van der Waals surface area contributed by atoms with E-state index in [4.69, 9.17) is 4.74 Å². The topological polar surface area (TPSA) is 57.0 Å². The Morgan fingerprint density at radius 2 is 1.85 bits per heavy atom. The summed E-state index contributed by atoms with van der Waals surface area (Å²) in [6, 6.07) is 21.3. The van der Waals surface area contributed by atoms with E-state index in [9.17, 15) is 4.79 Å². The predicted octanol–water partition coefficient (Wildman–Crippen LogP) is 3.71. The molecule has 5 heteroatoms. The second-order valence-electron chi connectivity index (χ2n) is 6.30. The fraction of sp³-hybridized carbons (Fsp3) is 0.136. The van der Waals surface area contributed by atoms with Crippen LogP contribution in [-0.4, -0.2) is 21.9 Å². The average molecular weight is 357 g/mol. The highest BCUT2D eigenvalue weighted by molar-refractivity contribution is 5.80. The number of ether oxygens (including phenoxy) is 1. The van der Waals surface area contributed by atoms with Gasteiger partial charge in [-0.3, -0.25) is 9.78 Å². The standard InChI is InChI=1S/C22H19N3O2/c1-27-19-14-18-13-16(7-8-20(18)23-15-19)11-12-25-22(26)10-9-21(24-25)17-5-3-2-4-6-17/h2-10,13-15H,11-12H2,1H3. The average Bonchev–Trinajstić information content (AvgIpc) is 2.73. The van der Waals surface area contributed by atoms with Crippen molar-refractivity contribution < 1.29 is 4.74 Å². The third-order valence-corrected chi connectivity index (χ3v) is 4.50. The Morgan fingerprint density at radius 3 is 2.67 bits per heavy atom. The summed E-state index contributed by atoms with van der Waals surface area (Å²) in [5.74, 6) is 0.730. The maximum absolute atomic E-state index is 12.2. The van der Waals surface area contributed by atoms with Crippen molar-refractivity contribution in [3.05, 3.63) is 88.8 Å². The van der Waals surface area contributed by atoms with Crippen molar-refractivity contribution in [1.82, 2.24) is 14.8 Å². The molecule has 0 saturated heterocycles. The zero-order valence-electron chi connectivity index (χ0n) is 15.0. The molecule has 27 heavy (non-hydrogen) atoms. The molecule has 2 aromatic heterocycles. The molecule has 0 atom stereocenters. The maximum atomic E-state index is 12.2. The van der Waals surface area contributed by atoms with E-state index < -0.39 is 0 Å². The van der Waals surface area contributed by atoms with Crippen LogP contribution < -0.4 is 10.3 Å². The number of nitrogens with zero attached hydrogens (tertiary/aromatic N) is 3. The second kappa shape index (κ2) is 7.41. The van der Waals surface area contributed by atoms with Gasteiger partial charge in [-0.1, -0.05) is 36.4 Å². The highest BCUT2D eigenvalue weighted by atomic mass is 16.5. The van der Waals surface area contributed by atoms with Crippen LogP contribution in [0.5, 0.6) is 5.75 Å². The van der Waals surface area contributed by atoms with Crippen molar-refractivity contribution in [2.45, 2.75) is 13.0 Å². The molecule has 0 unspecified atom stereocenters. The summed E-state index contributed by atoms with van der Waals surface area (Å²) in [6.07, 6.45) is 2.42. The maximum Gasteiger partial charge on any atom is 0.266 e. The molecule has 2 aromatic carbocycles. The minimum atomic E-state index is -0.0983. The molecule has 134 valence electrons. The van der Waals surface area contributed by atoms with Crippen molar-refractivity contribution in [3.8, 4) is 17.0 Å². The Balaban J connectivity index is 1.58. The van der Waals surface area contributed by atoms with E-state index in [1.807, 2.05) is 48.5 Å². The quantitative estimate of drug-likeness (QED) is 0.546. The van der Waals surface area contributed by atoms with Crippen LogP contribution in [0.1, 0.15) is 5.56 Å². The van der Waals surface area contributed by atoms with Gasteiger partial charge >= 0.3 is 0 Å². The van der Waals surface area contributed by atoms with Gasteiger partial charge in [0.1, 0.15) is 5.75 Å². The Hall–Kier alpha value is -3.47. The molecule has 2 heterocycles. The van der Waals surface area contributed by atoms with E-state index in [0.717, 1.165) is 33.5 Å². The number of aryl methyl sites for hydroxylation is 2. The Labute approximate surface area is 156 Å². The van der Waals surface area contributed by atoms with Crippen LogP contribution in [-0.2, 0) is 13.0 Å². The first-order valence-electron chi connectivity index (χ1n) is 8.79. The summed E-state index contributed by atoms with van der Waals surface area (Å²) >= 11 is 0. The highest BCUT2D eigenvalue weighted by Crippen LogP contribution is 2.20. The second-order valence-corrected chi connectivity index (χ2v) is 6.30. The van der Waals surface area contributed by atoms with Crippen LogP contribution in [0, 0.1) is 0 Å². The van der Waals surface area contributed by atoms with Crippen molar-refractivity contribution in [1.29, 1.82) is 0 Å². The molecular formula is C22H19N3O2. The first kappa shape index (κ1) is 17.0. The zero-order chi connectivity index (χ0) is 18.6. The van der Waals surface area contributed by atoms with Gasteiger partial charge in [-0.15, -0.1) is 0 Å². The lowest BCUT2D eigenvalue weighted by atomic mass is 10.1. The zero-order valence-corrected chi connectivity index (χ0v) is 15.0. The molecule has 0 aliphatic rings. The van der Waals surface area contributed by atoms with Crippen molar-refractivity contribution in [2.24, 2.45) is 0 Å². The van der Waals surface area contributed by atoms with Crippen molar-refractivity contribution >= 4 is 10.9 Å². The molecule has 0 fully saturated rings. The first-order valence-corrected chi connectivity index (χ1v) is 8.79. The molecule has 0 N–H and O–H groups in total. The lowest BCUT2D eigenvalue weighted by Gasteiger charge is -2.08. The number of pyridine rings is 1. The lowest BCUT2D eigenvalue weighted by molar-refractivity contribution is 0.414. The summed E-state index contributed by atoms with van der Waals surface area (Å²) in [5.41, 5.74) is 3.73. The van der Waals surface area contributed by atoms with Gasteiger partial charge in [0.05, 0.1) is 24.5 Å². The number of fused-ring (bicyclic) bond motifs is 1. The number of hydrogen-bond donors (Lipinski definition) is 0. The number of methoxy groups -OCH3 is 1.